The van der Waals surface area contributed by atoms with Crippen LogP contribution >= 0.6 is 11.3 Å². The molecule has 1 fully saturated rings. The highest BCUT2D eigenvalue weighted by atomic mass is 32.1. The Morgan fingerprint density at radius 1 is 1.39 bits per heavy atom. The van der Waals surface area contributed by atoms with Crippen molar-refractivity contribution in [2.45, 2.75) is 39.3 Å². The predicted octanol–water partition coefficient (Wildman–Crippen LogP) is 3.90. The third kappa shape index (κ3) is 3.55. The summed E-state index contributed by atoms with van der Waals surface area (Å²) in [4.78, 5) is 20.0. The lowest BCUT2D eigenvalue weighted by Crippen LogP contribution is -2.39. The molecule has 3 rings (SSSR count). The van der Waals surface area contributed by atoms with Gasteiger partial charge in [-0.1, -0.05) is 12.1 Å². The SMILES string of the molecule is COc1ccc(CN(C(=O)c2scnc2C)C(C)C2CC2)cc1. The molecule has 1 aliphatic rings. The van der Waals surface area contributed by atoms with E-state index in [1.807, 2.05) is 36.1 Å². The van der Waals surface area contributed by atoms with Crippen molar-refractivity contribution in [3.05, 3.63) is 45.9 Å². The van der Waals surface area contributed by atoms with Crippen molar-refractivity contribution in [1.29, 1.82) is 0 Å². The van der Waals surface area contributed by atoms with Crippen LogP contribution in [-0.2, 0) is 6.54 Å². The molecular formula is C18H22N2O2S. The zero-order chi connectivity index (χ0) is 16.4. The van der Waals surface area contributed by atoms with Crippen LogP contribution in [0, 0.1) is 12.8 Å². The van der Waals surface area contributed by atoms with Crippen molar-refractivity contribution in [3.8, 4) is 5.75 Å². The highest BCUT2D eigenvalue weighted by Gasteiger charge is 2.35. The first-order valence-corrected chi connectivity index (χ1v) is 8.82. The van der Waals surface area contributed by atoms with Gasteiger partial charge < -0.3 is 9.64 Å². The smallest absolute Gasteiger partial charge is 0.266 e. The number of carbonyl (C=O) groups excluding carboxylic acids is 1. The number of aryl methyl sites for hydroxylation is 1. The standard InChI is InChI=1S/C18H22N2O2S/c1-12-17(23-11-19-12)18(21)20(13(2)15-6-7-15)10-14-4-8-16(22-3)9-5-14/h4-5,8-9,11,13,15H,6-7,10H2,1-3H3. The van der Waals surface area contributed by atoms with E-state index in [1.54, 1.807) is 12.6 Å². The van der Waals surface area contributed by atoms with Gasteiger partial charge in [0.2, 0.25) is 0 Å². The summed E-state index contributed by atoms with van der Waals surface area (Å²) in [6, 6.07) is 8.19. The molecule has 23 heavy (non-hydrogen) atoms. The number of hydrogen-bond donors (Lipinski definition) is 0. The zero-order valence-electron chi connectivity index (χ0n) is 13.8. The maximum Gasteiger partial charge on any atom is 0.266 e. The van der Waals surface area contributed by atoms with Crippen LogP contribution in [0.2, 0.25) is 0 Å². The average molecular weight is 330 g/mol. The minimum absolute atomic E-state index is 0.0974. The lowest BCUT2D eigenvalue weighted by Gasteiger charge is -2.29. The number of methoxy groups -OCH3 is 1. The second kappa shape index (κ2) is 6.71. The summed E-state index contributed by atoms with van der Waals surface area (Å²) in [5, 5.41) is 0. The van der Waals surface area contributed by atoms with Gasteiger partial charge in [0.15, 0.2) is 0 Å². The Morgan fingerprint density at radius 2 is 2.09 bits per heavy atom. The molecule has 1 aliphatic carbocycles. The number of aromatic nitrogens is 1. The molecule has 1 aromatic heterocycles. The first-order chi connectivity index (χ1) is 11.1. The first kappa shape index (κ1) is 16.0. The van der Waals surface area contributed by atoms with Gasteiger partial charge in [0.05, 0.1) is 18.3 Å². The Balaban J connectivity index is 1.83. The molecule has 0 radical (unpaired) electrons. The molecule has 1 unspecified atom stereocenters. The Morgan fingerprint density at radius 3 is 2.61 bits per heavy atom. The third-order valence-electron chi connectivity index (χ3n) is 4.51. The number of thiazole rings is 1. The molecule has 0 aliphatic heterocycles. The van der Waals surface area contributed by atoms with Crippen molar-refractivity contribution in [2.75, 3.05) is 7.11 Å². The van der Waals surface area contributed by atoms with Gasteiger partial charge in [-0.15, -0.1) is 11.3 Å². The summed E-state index contributed by atoms with van der Waals surface area (Å²) >= 11 is 1.43. The van der Waals surface area contributed by atoms with Gasteiger partial charge in [0.1, 0.15) is 10.6 Å². The molecule has 4 nitrogen and oxygen atoms in total. The molecule has 1 heterocycles. The molecule has 0 spiro atoms. The lowest BCUT2D eigenvalue weighted by molar-refractivity contribution is 0.0658. The molecule has 5 heteroatoms. The van der Waals surface area contributed by atoms with Crippen molar-refractivity contribution in [3.63, 3.8) is 0 Å². The third-order valence-corrected chi connectivity index (χ3v) is 5.42. The molecule has 0 bridgehead atoms. The topological polar surface area (TPSA) is 42.4 Å². The van der Waals surface area contributed by atoms with E-state index in [1.165, 1.54) is 24.2 Å². The van der Waals surface area contributed by atoms with E-state index in [-0.39, 0.29) is 11.9 Å². The van der Waals surface area contributed by atoms with Crippen LogP contribution < -0.4 is 4.74 Å². The molecule has 1 amide bonds. The molecule has 0 N–H and O–H groups in total. The van der Waals surface area contributed by atoms with E-state index < -0.39 is 0 Å². The van der Waals surface area contributed by atoms with E-state index in [9.17, 15) is 4.79 Å². The van der Waals surface area contributed by atoms with Crippen LogP contribution in [0.25, 0.3) is 0 Å². The summed E-state index contributed by atoms with van der Waals surface area (Å²) in [6.07, 6.45) is 2.43. The number of amides is 1. The summed E-state index contributed by atoms with van der Waals surface area (Å²) in [5.41, 5.74) is 3.69. The monoisotopic (exact) mass is 330 g/mol. The number of rotatable bonds is 6. The predicted molar refractivity (Wildman–Crippen MR) is 91.9 cm³/mol. The fraction of sp³-hybridized carbons (Fsp3) is 0.444. The summed E-state index contributed by atoms with van der Waals surface area (Å²) in [5.74, 6) is 1.56. The molecule has 1 atom stereocenters. The van der Waals surface area contributed by atoms with E-state index in [0.29, 0.717) is 12.5 Å². The van der Waals surface area contributed by atoms with Gasteiger partial charge in [-0.05, 0) is 50.3 Å². The second-order valence-electron chi connectivity index (χ2n) is 6.13. The van der Waals surface area contributed by atoms with Gasteiger partial charge in [0.25, 0.3) is 5.91 Å². The molecule has 1 aromatic carbocycles. The van der Waals surface area contributed by atoms with E-state index in [0.717, 1.165) is 21.9 Å². The van der Waals surface area contributed by atoms with Crippen LogP contribution in [-0.4, -0.2) is 28.9 Å². The van der Waals surface area contributed by atoms with E-state index >= 15 is 0 Å². The Labute approximate surface area is 141 Å². The van der Waals surface area contributed by atoms with Crippen LogP contribution in [0.3, 0.4) is 0 Å². The van der Waals surface area contributed by atoms with Crippen LogP contribution in [0.1, 0.15) is 40.7 Å². The maximum atomic E-state index is 13.0. The molecule has 0 saturated heterocycles. The number of ether oxygens (including phenoxy) is 1. The quantitative estimate of drug-likeness (QED) is 0.807. The highest BCUT2D eigenvalue weighted by molar-refractivity contribution is 7.11. The van der Waals surface area contributed by atoms with Gasteiger partial charge in [0, 0.05) is 12.6 Å². The first-order valence-electron chi connectivity index (χ1n) is 7.94. The Bertz CT molecular complexity index is 677. The van der Waals surface area contributed by atoms with Crippen molar-refractivity contribution >= 4 is 17.2 Å². The number of nitrogens with zero attached hydrogens (tertiary/aromatic N) is 2. The van der Waals surface area contributed by atoms with Crippen molar-refractivity contribution in [2.24, 2.45) is 5.92 Å². The largest absolute Gasteiger partial charge is 0.497 e. The summed E-state index contributed by atoms with van der Waals surface area (Å²) in [7, 11) is 1.66. The van der Waals surface area contributed by atoms with Gasteiger partial charge in [-0.25, -0.2) is 4.98 Å². The molecule has 2 aromatic rings. The van der Waals surface area contributed by atoms with Gasteiger partial charge in [-0.3, -0.25) is 4.79 Å². The van der Waals surface area contributed by atoms with Crippen LogP contribution in [0.4, 0.5) is 0 Å². The molecule has 122 valence electrons. The van der Waals surface area contributed by atoms with Gasteiger partial charge >= 0.3 is 0 Å². The fourth-order valence-electron chi connectivity index (χ4n) is 2.80. The van der Waals surface area contributed by atoms with E-state index in [2.05, 4.69) is 11.9 Å². The van der Waals surface area contributed by atoms with Crippen LogP contribution in [0.5, 0.6) is 5.75 Å². The van der Waals surface area contributed by atoms with Crippen molar-refractivity contribution < 1.29 is 9.53 Å². The maximum absolute atomic E-state index is 13.0. The fourth-order valence-corrected chi connectivity index (χ4v) is 3.56. The highest BCUT2D eigenvalue weighted by Crippen LogP contribution is 2.36. The van der Waals surface area contributed by atoms with Crippen molar-refractivity contribution in [1.82, 2.24) is 9.88 Å². The minimum atomic E-state index is 0.0974. The summed E-state index contributed by atoms with van der Waals surface area (Å²) < 4.78 is 5.20. The Kier molecular flexibility index (Phi) is 4.66. The normalized spacial score (nSPS) is 15.3. The van der Waals surface area contributed by atoms with Crippen LogP contribution in [0.15, 0.2) is 29.8 Å². The van der Waals surface area contributed by atoms with E-state index in [4.69, 9.17) is 4.74 Å². The average Bonchev–Trinajstić information content (AvgIpc) is 3.33. The number of benzene rings is 1. The Hall–Kier alpha value is -1.88. The lowest BCUT2D eigenvalue weighted by atomic mass is 10.1. The molecular weight excluding hydrogens is 308 g/mol. The minimum Gasteiger partial charge on any atom is -0.497 e. The summed E-state index contributed by atoms with van der Waals surface area (Å²) in [6.45, 7) is 4.68. The second-order valence-corrected chi connectivity index (χ2v) is 6.98. The number of carbonyl (C=O) groups is 1. The molecule has 1 saturated carbocycles. The number of hydrogen-bond acceptors (Lipinski definition) is 4. The zero-order valence-corrected chi connectivity index (χ0v) is 14.6. The van der Waals surface area contributed by atoms with Gasteiger partial charge in [-0.2, -0.15) is 0 Å².